The van der Waals surface area contributed by atoms with E-state index in [1.165, 1.54) is 0 Å². The highest BCUT2D eigenvalue weighted by molar-refractivity contribution is 7.91. The molecule has 0 aromatic heterocycles. The zero-order valence-corrected chi connectivity index (χ0v) is 10.3. The smallest absolute Gasteiger partial charge is 0.178 e. The van der Waals surface area contributed by atoms with Crippen LogP contribution in [0.15, 0.2) is 29.2 Å². The van der Waals surface area contributed by atoms with Crippen LogP contribution in [0.3, 0.4) is 0 Å². The fourth-order valence-electron chi connectivity index (χ4n) is 1.45. The van der Waals surface area contributed by atoms with Crippen molar-refractivity contribution in [3.63, 3.8) is 0 Å². The van der Waals surface area contributed by atoms with Gasteiger partial charge in [-0.2, -0.15) is 0 Å². The standard InChI is InChI=1S/C12H18O2S/c1-4-8-15(13,14)12-7-5-6-11(9-12)10(2)3/h5-7,9-10H,4,8H2,1-3H3. The fraction of sp³-hybridized carbons (Fsp3) is 0.500. The summed E-state index contributed by atoms with van der Waals surface area (Å²) in [5.41, 5.74) is 1.08. The van der Waals surface area contributed by atoms with Gasteiger partial charge in [-0.3, -0.25) is 0 Å². The summed E-state index contributed by atoms with van der Waals surface area (Å²) in [5.74, 6) is 0.593. The highest BCUT2D eigenvalue weighted by Crippen LogP contribution is 2.19. The molecule has 0 saturated carbocycles. The summed E-state index contributed by atoms with van der Waals surface area (Å²) in [4.78, 5) is 0.454. The molecule has 0 radical (unpaired) electrons. The first-order valence-electron chi connectivity index (χ1n) is 5.30. The molecule has 0 saturated heterocycles. The maximum Gasteiger partial charge on any atom is 0.178 e. The minimum atomic E-state index is -3.07. The van der Waals surface area contributed by atoms with Gasteiger partial charge in [0.25, 0.3) is 0 Å². The van der Waals surface area contributed by atoms with E-state index in [2.05, 4.69) is 13.8 Å². The van der Waals surface area contributed by atoms with Crippen molar-refractivity contribution in [1.82, 2.24) is 0 Å². The largest absolute Gasteiger partial charge is 0.224 e. The summed E-state index contributed by atoms with van der Waals surface area (Å²) in [6.07, 6.45) is 0.661. The maximum atomic E-state index is 11.8. The van der Waals surface area contributed by atoms with Crippen LogP contribution in [0.5, 0.6) is 0 Å². The Kier molecular flexibility index (Phi) is 3.91. The Bertz CT molecular complexity index is 419. The molecule has 0 unspecified atom stereocenters. The van der Waals surface area contributed by atoms with Crippen molar-refractivity contribution in [3.8, 4) is 0 Å². The van der Waals surface area contributed by atoms with E-state index in [1.54, 1.807) is 12.1 Å². The van der Waals surface area contributed by atoms with Gasteiger partial charge in [0.1, 0.15) is 0 Å². The van der Waals surface area contributed by atoms with Gasteiger partial charge in [0.2, 0.25) is 0 Å². The zero-order valence-electron chi connectivity index (χ0n) is 9.53. The molecule has 0 aliphatic carbocycles. The van der Waals surface area contributed by atoms with E-state index in [4.69, 9.17) is 0 Å². The first-order chi connectivity index (χ1) is 6.97. The van der Waals surface area contributed by atoms with Crippen LogP contribution in [0.2, 0.25) is 0 Å². The predicted molar refractivity (Wildman–Crippen MR) is 62.9 cm³/mol. The summed E-state index contributed by atoms with van der Waals surface area (Å²) in [6.45, 7) is 6.00. The Hall–Kier alpha value is -0.830. The second-order valence-corrected chi connectivity index (χ2v) is 6.16. The van der Waals surface area contributed by atoms with Gasteiger partial charge in [-0.15, -0.1) is 0 Å². The molecule has 1 aromatic carbocycles. The molecule has 0 N–H and O–H groups in total. The van der Waals surface area contributed by atoms with Crippen LogP contribution in [0.25, 0.3) is 0 Å². The molecular weight excluding hydrogens is 208 g/mol. The lowest BCUT2D eigenvalue weighted by Crippen LogP contribution is -2.06. The van der Waals surface area contributed by atoms with Crippen LogP contribution in [0, 0.1) is 0 Å². The third kappa shape index (κ3) is 3.06. The summed E-state index contributed by atoms with van der Waals surface area (Å²) in [6, 6.07) is 7.25. The van der Waals surface area contributed by atoms with E-state index in [0.717, 1.165) is 5.56 Å². The lowest BCUT2D eigenvalue weighted by molar-refractivity contribution is 0.594. The van der Waals surface area contributed by atoms with E-state index in [0.29, 0.717) is 17.2 Å². The molecule has 3 heteroatoms. The Labute approximate surface area is 92.2 Å². The lowest BCUT2D eigenvalue weighted by Gasteiger charge is -2.08. The minimum absolute atomic E-state index is 0.231. The molecule has 1 rings (SSSR count). The first kappa shape index (κ1) is 12.2. The third-order valence-corrected chi connectivity index (χ3v) is 4.27. The van der Waals surface area contributed by atoms with E-state index < -0.39 is 9.84 Å². The maximum absolute atomic E-state index is 11.8. The molecule has 0 atom stereocenters. The average molecular weight is 226 g/mol. The molecule has 0 heterocycles. The van der Waals surface area contributed by atoms with Gasteiger partial charge in [-0.1, -0.05) is 32.9 Å². The van der Waals surface area contributed by atoms with Crippen LogP contribution >= 0.6 is 0 Å². The van der Waals surface area contributed by atoms with E-state index in [9.17, 15) is 8.42 Å². The van der Waals surface area contributed by atoms with Gasteiger partial charge in [0.15, 0.2) is 9.84 Å². The zero-order chi connectivity index (χ0) is 11.5. The molecule has 15 heavy (non-hydrogen) atoms. The normalized spacial score (nSPS) is 12.0. The van der Waals surface area contributed by atoms with E-state index >= 15 is 0 Å². The summed E-state index contributed by atoms with van der Waals surface area (Å²) >= 11 is 0. The molecule has 1 aromatic rings. The molecule has 2 nitrogen and oxygen atoms in total. The Balaban J connectivity index is 3.11. The van der Waals surface area contributed by atoms with Crippen LogP contribution in [-0.4, -0.2) is 14.2 Å². The SMILES string of the molecule is CCCS(=O)(=O)c1cccc(C(C)C)c1. The van der Waals surface area contributed by atoms with Crippen molar-refractivity contribution in [3.05, 3.63) is 29.8 Å². The van der Waals surface area contributed by atoms with Crippen molar-refractivity contribution < 1.29 is 8.42 Å². The molecule has 0 aliphatic heterocycles. The van der Waals surface area contributed by atoms with E-state index in [-0.39, 0.29) is 5.75 Å². The third-order valence-electron chi connectivity index (χ3n) is 2.36. The second kappa shape index (κ2) is 4.79. The van der Waals surface area contributed by atoms with Crippen molar-refractivity contribution in [1.29, 1.82) is 0 Å². The Morgan fingerprint density at radius 1 is 1.27 bits per heavy atom. The van der Waals surface area contributed by atoms with Gasteiger partial charge < -0.3 is 0 Å². The number of sulfone groups is 1. The highest BCUT2D eigenvalue weighted by atomic mass is 32.2. The van der Waals surface area contributed by atoms with Crippen LogP contribution < -0.4 is 0 Å². The van der Waals surface area contributed by atoms with Gasteiger partial charge in [0.05, 0.1) is 10.6 Å². The number of rotatable bonds is 4. The van der Waals surface area contributed by atoms with Crippen molar-refractivity contribution in [2.24, 2.45) is 0 Å². The Morgan fingerprint density at radius 2 is 1.93 bits per heavy atom. The minimum Gasteiger partial charge on any atom is -0.224 e. The van der Waals surface area contributed by atoms with Crippen LogP contribution in [0.1, 0.15) is 38.7 Å². The van der Waals surface area contributed by atoms with Crippen molar-refractivity contribution in [2.45, 2.75) is 38.0 Å². The molecule has 0 amide bonds. The van der Waals surface area contributed by atoms with Gasteiger partial charge in [0, 0.05) is 0 Å². The quantitative estimate of drug-likeness (QED) is 0.791. The molecule has 0 spiro atoms. The van der Waals surface area contributed by atoms with Gasteiger partial charge in [-0.05, 0) is 30.0 Å². The van der Waals surface area contributed by atoms with Crippen molar-refractivity contribution in [2.75, 3.05) is 5.75 Å². The van der Waals surface area contributed by atoms with Crippen LogP contribution in [-0.2, 0) is 9.84 Å². The summed E-state index contributed by atoms with van der Waals surface area (Å²) < 4.78 is 23.6. The number of benzene rings is 1. The molecular formula is C12H18O2S. The molecule has 0 bridgehead atoms. The Morgan fingerprint density at radius 3 is 2.47 bits per heavy atom. The van der Waals surface area contributed by atoms with Crippen LogP contribution in [0.4, 0.5) is 0 Å². The van der Waals surface area contributed by atoms with Gasteiger partial charge >= 0.3 is 0 Å². The van der Waals surface area contributed by atoms with Crippen molar-refractivity contribution >= 4 is 9.84 Å². The summed E-state index contributed by atoms with van der Waals surface area (Å²) in [7, 11) is -3.07. The number of hydrogen-bond donors (Lipinski definition) is 0. The van der Waals surface area contributed by atoms with Gasteiger partial charge in [-0.25, -0.2) is 8.42 Å². The summed E-state index contributed by atoms with van der Waals surface area (Å²) in [5, 5.41) is 0. The average Bonchev–Trinajstić information content (AvgIpc) is 2.18. The number of hydrogen-bond acceptors (Lipinski definition) is 2. The molecule has 84 valence electrons. The molecule has 0 fully saturated rings. The van der Waals surface area contributed by atoms with E-state index in [1.807, 2.05) is 19.1 Å². The monoisotopic (exact) mass is 226 g/mol. The second-order valence-electron chi connectivity index (χ2n) is 4.05. The topological polar surface area (TPSA) is 34.1 Å². The fourth-order valence-corrected chi connectivity index (χ4v) is 2.83. The lowest BCUT2D eigenvalue weighted by atomic mass is 10.0. The molecule has 0 aliphatic rings. The predicted octanol–water partition coefficient (Wildman–Crippen LogP) is 2.99. The highest BCUT2D eigenvalue weighted by Gasteiger charge is 2.13. The first-order valence-corrected chi connectivity index (χ1v) is 6.95.